The van der Waals surface area contributed by atoms with Gasteiger partial charge in [0.25, 0.3) is 5.91 Å². The van der Waals surface area contributed by atoms with E-state index < -0.39 is 0 Å². The van der Waals surface area contributed by atoms with Gasteiger partial charge in [0.1, 0.15) is 4.88 Å². The SMILES string of the molecule is CCCc1nc(C)c(C(=O)NCC2(c3ccc(Cl)cc3)CCOCC2)s1. The molecule has 4 nitrogen and oxygen atoms in total. The molecule has 2 heterocycles. The van der Waals surface area contributed by atoms with Crippen molar-refractivity contribution in [1.82, 2.24) is 10.3 Å². The third-order valence-electron chi connectivity index (χ3n) is 5.00. The van der Waals surface area contributed by atoms with Gasteiger partial charge in [0.2, 0.25) is 0 Å². The summed E-state index contributed by atoms with van der Waals surface area (Å²) >= 11 is 7.56. The quantitative estimate of drug-likeness (QED) is 0.785. The topological polar surface area (TPSA) is 51.2 Å². The van der Waals surface area contributed by atoms with Gasteiger partial charge in [-0.3, -0.25) is 4.79 Å². The van der Waals surface area contributed by atoms with Crippen LogP contribution >= 0.6 is 22.9 Å². The van der Waals surface area contributed by atoms with Crippen LogP contribution in [0.2, 0.25) is 5.02 Å². The fraction of sp³-hybridized carbons (Fsp3) is 0.500. The number of carbonyl (C=O) groups excluding carboxylic acids is 1. The number of hydrogen-bond acceptors (Lipinski definition) is 4. The van der Waals surface area contributed by atoms with E-state index in [-0.39, 0.29) is 11.3 Å². The Bertz CT molecular complexity index is 752. The van der Waals surface area contributed by atoms with Crippen molar-refractivity contribution in [3.8, 4) is 0 Å². The fourth-order valence-electron chi connectivity index (χ4n) is 3.45. The summed E-state index contributed by atoms with van der Waals surface area (Å²) in [5.74, 6) is -0.0258. The lowest BCUT2D eigenvalue weighted by Gasteiger charge is -2.38. The number of rotatable bonds is 6. The summed E-state index contributed by atoms with van der Waals surface area (Å²) < 4.78 is 5.56. The molecule has 1 saturated heterocycles. The third kappa shape index (κ3) is 4.27. The summed E-state index contributed by atoms with van der Waals surface area (Å²) in [4.78, 5) is 18.0. The first-order valence-electron chi connectivity index (χ1n) is 9.12. The van der Waals surface area contributed by atoms with Crippen molar-refractivity contribution in [2.75, 3.05) is 19.8 Å². The maximum atomic E-state index is 12.8. The number of halogens is 1. The van der Waals surface area contributed by atoms with Gasteiger partial charge in [-0.1, -0.05) is 30.7 Å². The van der Waals surface area contributed by atoms with Crippen molar-refractivity contribution in [1.29, 1.82) is 0 Å². The lowest BCUT2D eigenvalue weighted by molar-refractivity contribution is 0.0487. The molecule has 0 unspecified atom stereocenters. The second-order valence-electron chi connectivity index (χ2n) is 6.85. The third-order valence-corrected chi connectivity index (χ3v) is 6.47. The molecule has 2 aromatic rings. The van der Waals surface area contributed by atoms with E-state index in [1.807, 2.05) is 19.1 Å². The maximum Gasteiger partial charge on any atom is 0.263 e. The van der Waals surface area contributed by atoms with Crippen molar-refractivity contribution in [3.05, 3.63) is 50.4 Å². The summed E-state index contributed by atoms with van der Waals surface area (Å²) in [6, 6.07) is 7.97. The van der Waals surface area contributed by atoms with E-state index in [1.165, 1.54) is 16.9 Å². The Morgan fingerprint density at radius 3 is 2.65 bits per heavy atom. The average Bonchev–Trinajstić information content (AvgIpc) is 3.02. The number of nitrogens with zero attached hydrogens (tertiary/aromatic N) is 1. The van der Waals surface area contributed by atoms with E-state index in [0.717, 1.165) is 46.3 Å². The summed E-state index contributed by atoms with van der Waals surface area (Å²) in [5, 5.41) is 4.92. The number of thiazole rings is 1. The van der Waals surface area contributed by atoms with Crippen LogP contribution in [-0.4, -0.2) is 30.6 Å². The lowest BCUT2D eigenvalue weighted by atomic mass is 9.74. The highest BCUT2D eigenvalue weighted by Crippen LogP contribution is 2.35. The van der Waals surface area contributed by atoms with Crippen LogP contribution in [0.4, 0.5) is 0 Å². The predicted molar refractivity (Wildman–Crippen MR) is 106 cm³/mol. The summed E-state index contributed by atoms with van der Waals surface area (Å²) in [6.45, 7) is 6.04. The highest BCUT2D eigenvalue weighted by atomic mass is 35.5. The first kappa shape index (κ1) is 19.3. The van der Waals surface area contributed by atoms with Gasteiger partial charge in [0, 0.05) is 30.2 Å². The molecule has 0 bridgehead atoms. The molecule has 1 amide bonds. The molecular formula is C20H25ClN2O2S. The molecule has 0 radical (unpaired) electrons. The monoisotopic (exact) mass is 392 g/mol. The van der Waals surface area contributed by atoms with Crippen molar-refractivity contribution in [2.24, 2.45) is 0 Å². The number of amides is 1. The highest BCUT2D eigenvalue weighted by molar-refractivity contribution is 7.13. The normalized spacial score (nSPS) is 16.4. The Kier molecular flexibility index (Phi) is 6.33. The zero-order valence-corrected chi connectivity index (χ0v) is 16.9. The minimum Gasteiger partial charge on any atom is -0.381 e. The molecule has 0 spiro atoms. The number of hydrogen-bond donors (Lipinski definition) is 1. The molecule has 1 aromatic heterocycles. The maximum absolute atomic E-state index is 12.8. The highest BCUT2D eigenvalue weighted by Gasteiger charge is 2.35. The number of carbonyl (C=O) groups is 1. The van der Waals surface area contributed by atoms with Gasteiger partial charge in [-0.25, -0.2) is 4.98 Å². The van der Waals surface area contributed by atoms with E-state index in [9.17, 15) is 4.79 Å². The minimum absolute atomic E-state index is 0.0258. The van der Waals surface area contributed by atoms with Gasteiger partial charge in [0.05, 0.1) is 10.7 Å². The first-order chi connectivity index (χ1) is 12.5. The van der Waals surface area contributed by atoms with Gasteiger partial charge in [-0.05, 0) is 50.3 Å². The first-order valence-corrected chi connectivity index (χ1v) is 10.3. The van der Waals surface area contributed by atoms with Crippen LogP contribution < -0.4 is 5.32 Å². The minimum atomic E-state index is -0.108. The van der Waals surface area contributed by atoms with Gasteiger partial charge in [0.15, 0.2) is 0 Å². The average molecular weight is 393 g/mol. The molecule has 1 aliphatic heterocycles. The van der Waals surface area contributed by atoms with Crippen molar-refractivity contribution >= 4 is 28.8 Å². The van der Waals surface area contributed by atoms with Crippen molar-refractivity contribution in [3.63, 3.8) is 0 Å². The largest absolute Gasteiger partial charge is 0.381 e. The van der Waals surface area contributed by atoms with E-state index in [0.29, 0.717) is 19.8 Å². The molecule has 0 aliphatic carbocycles. The van der Waals surface area contributed by atoms with Crippen molar-refractivity contribution in [2.45, 2.75) is 44.9 Å². The summed E-state index contributed by atoms with van der Waals surface area (Å²) in [5.41, 5.74) is 1.92. The van der Waals surface area contributed by atoms with Crippen LogP contribution in [0.5, 0.6) is 0 Å². The van der Waals surface area contributed by atoms with E-state index in [1.54, 1.807) is 0 Å². The van der Waals surface area contributed by atoms with Crippen LogP contribution in [0.25, 0.3) is 0 Å². The Morgan fingerprint density at radius 1 is 1.31 bits per heavy atom. The molecule has 1 aliphatic rings. The molecule has 140 valence electrons. The zero-order valence-electron chi connectivity index (χ0n) is 15.3. The molecule has 1 aromatic carbocycles. The number of aromatic nitrogens is 1. The van der Waals surface area contributed by atoms with Crippen LogP contribution in [0.3, 0.4) is 0 Å². The smallest absolute Gasteiger partial charge is 0.263 e. The van der Waals surface area contributed by atoms with Gasteiger partial charge >= 0.3 is 0 Å². The Morgan fingerprint density at radius 2 is 2.00 bits per heavy atom. The Hall–Kier alpha value is -1.43. The van der Waals surface area contributed by atoms with Crippen LogP contribution in [0.15, 0.2) is 24.3 Å². The standard InChI is InChI=1S/C20H25ClN2O2S/c1-3-4-17-23-14(2)18(26-17)19(24)22-13-20(9-11-25-12-10-20)15-5-7-16(21)8-6-15/h5-8H,3-4,9-13H2,1-2H3,(H,22,24). The molecule has 3 rings (SSSR count). The predicted octanol–water partition coefficient (Wildman–Crippen LogP) is 4.54. The number of ether oxygens (including phenoxy) is 1. The second-order valence-corrected chi connectivity index (χ2v) is 8.37. The number of aryl methyl sites for hydroxylation is 2. The molecule has 26 heavy (non-hydrogen) atoms. The lowest BCUT2D eigenvalue weighted by Crippen LogP contribution is -2.44. The summed E-state index contributed by atoms with van der Waals surface area (Å²) in [7, 11) is 0. The summed E-state index contributed by atoms with van der Waals surface area (Å²) in [6.07, 6.45) is 3.73. The van der Waals surface area contributed by atoms with E-state index >= 15 is 0 Å². The Balaban J connectivity index is 1.75. The molecule has 1 N–H and O–H groups in total. The Labute approximate surface area is 163 Å². The fourth-order valence-corrected chi connectivity index (χ4v) is 4.66. The van der Waals surface area contributed by atoms with E-state index in [2.05, 4.69) is 29.4 Å². The second kappa shape index (κ2) is 8.51. The molecular weight excluding hydrogens is 368 g/mol. The van der Waals surface area contributed by atoms with Crippen LogP contribution in [0.1, 0.15) is 52.1 Å². The molecule has 1 fully saturated rings. The van der Waals surface area contributed by atoms with Gasteiger partial charge in [-0.15, -0.1) is 11.3 Å². The van der Waals surface area contributed by atoms with Crippen molar-refractivity contribution < 1.29 is 9.53 Å². The zero-order chi connectivity index (χ0) is 18.6. The van der Waals surface area contributed by atoms with Crippen LogP contribution in [0, 0.1) is 6.92 Å². The van der Waals surface area contributed by atoms with Gasteiger partial charge in [-0.2, -0.15) is 0 Å². The molecule has 6 heteroatoms. The molecule has 0 saturated carbocycles. The van der Waals surface area contributed by atoms with E-state index in [4.69, 9.17) is 16.3 Å². The van der Waals surface area contributed by atoms with Crippen LogP contribution in [-0.2, 0) is 16.6 Å². The number of nitrogens with one attached hydrogen (secondary N) is 1. The number of benzene rings is 1. The van der Waals surface area contributed by atoms with Gasteiger partial charge < -0.3 is 10.1 Å². The molecule has 0 atom stereocenters.